The number of aromatic nitrogens is 2. The molecule has 0 bridgehead atoms. The van der Waals surface area contributed by atoms with Gasteiger partial charge in [0.25, 0.3) is 0 Å². The van der Waals surface area contributed by atoms with E-state index in [2.05, 4.69) is 35.6 Å². The van der Waals surface area contributed by atoms with Gasteiger partial charge in [0.05, 0.1) is 12.0 Å². The molecule has 4 nitrogen and oxygen atoms in total. The molecule has 0 atom stereocenters. The van der Waals surface area contributed by atoms with Gasteiger partial charge in [-0.25, -0.2) is 4.98 Å². The largest absolute Gasteiger partial charge is 0.355 e. The smallest absolute Gasteiger partial charge is 0.216 e. The predicted molar refractivity (Wildman–Crippen MR) is 59.7 cm³/mol. The zero-order valence-corrected chi connectivity index (χ0v) is 9.87. The van der Waals surface area contributed by atoms with Gasteiger partial charge in [0, 0.05) is 25.7 Å². The van der Waals surface area contributed by atoms with Gasteiger partial charge >= 0.3 is 0 Å². The van der Waals surface area contributed by atoms with Crippen LogP contribution in [-0.4, -0.2) is 22.0 Å². The van der Waals surface area contributed by atoms with Crippen LogP contribution in [-0.2, 0) is 11.3 Å². The lowest BCUT2D eigenvalue weighted by Crippen LogP contribution is -2.24. The van der Waals surface area contributed by atoms with Crippen molar-refractivity contribution >= 4 is 5.91 Å². The first kappa shape index (κ1) is 11.8. The quantitative estimate of drug-likeness (QED) is 0.816. The normalized spacial score (nSPS) is 10.7. The molecule has 1 rings (SSSR count). The average molecular weight is 209 g/mol. The zero-order valence-electron chi connectivity index (χ0n) is 9.87. The lowest BCUT2D eigenvalue weighted by atomic mass is 10.1. The number of nitrogens with zero attached hydrogens (tertiary/aromatic N) is 2. The third-order valence-electron chi connectivity index (χ3n) is 2.41. The summed E-state index contributed by atoms with van der Waals surface area (Å²) in [7, 11) is 0. The van der Waals surface area contributed by atoms with E-state index in [1.165, 1.54) is 12.6 Å². The molecular formula is C11H19N3O. The first-order chi connectivity index (χ1) is 7.02. The molecular weight excluding hydrogens is 190 g/mol. The van der Waals surface area contributed by atoms with Crippen LogP contribution in [0.2, 0.25) is 0 Å². The van der Waals surface area contributed by atoms with Gasteiger partial charge in [0.15, 0.2) is 0 Å². The van der Waals surface area contributed by atoms with Gasteiger partial charge in [-0.3, -0.25) is 4.79 Å². The minimum Gasteiger partial charge on any atom is -0.355 e. The van der Waals surface area contributed by atoms with Gasteiger partial charge in [-0.05, 0) is 12.8 Å². The summed E-state index contributed by atoms with van der Waals surface area (Å²) in [5, 5.41) is 2.77. The van der Waals surface area contributed by atoms with Crippen molar-refractivity contribution in [3.8, 4) is 0 Å². The molecule has 0 aliphatic heterocycles. The molecule has 0 unspecified atom stereocenters. The molecule has 0 aliphatic rings. The Labute approximate surface area is 90.7 Å². The molecule has 84 valence electrons. The topological polar surface area (TPSA) is 46.9 Å². The van der Waals surface area contributed by atoms with Crippen LogP contribution in [0.5, 0.6) is 0 Å². The molecule has 15 heavy (non-hydrogen) atoms. The molecule has 1 amide bonds. The third-order valence-corrected chi connectivity index (χ3v) is 2.41. The summed E-state index contributed by atoms with van der Waals surface area (Å²) >= 11 is 0. The maximum Gasteiger partial charge on any atom is 0.216 e. The number of carbonyl (C=O) groups is 1. The van der Waals surface area contributed by atoms with E-state index in [-0.39, 0.29) is 5.91 Å². The number of carbonyl (C=O) groups excluding carboxylic acids is 1. The number of rotatable bonds is 4. The van der Waals surface area contributed by atoms with E-state index in [0.717, 1.165) is 12.2 Å². The molecule has 0 saturated heterocycles. The second-order valence-corrected chi connectivity index (χ2v) is 4.05. The fourth-order valence-electron chi connectivity index (χ4n) is 1.60. The number of hydrogen-bond donors (Lipinski definition) is 1. The van der Waals surface area contributed by atoms with Gasteiger partial charge in [-0.1, -0.05) is 13.8 Å². The number of amides is 1. The van der Waals surface area contributed by atoms with Crippen LogP contribution in [0.15, 0.2) is 6.33 Å². The van der Waals surface area contributed by atoms with Crippen LogP contribution in [0, 0.1) is 6.92 Å². The van der Waals surface area contributed by atoms with Crippen molar-refractivity contribution in [2.75, 3.05) is 6.54 Å². The minimum absolute atomic E-state index is 0.0110. The summed E-state index contributed by atoms with van der Waals surface area (Å²) < 4.78 is 2.07. The molecule has 0 spiro atoms. The van der Waals surface area contributed by atoms with Gasteiger partial charge in [0.1, 0.15) is 0 Å². The molecule has 1 heterocycles. The summed E-state index contributed by atoms with van der Waals surface area (Å²) in [5.41, 5.74) is 2.33. The zero-order chi connectivity index (χ0) is 11.4. The van der Waals surface area contributed by atoms with E-state index in [9.17, 15) is 4.79 Å². The van der Waals surface area contributed by atoms with Gasteiger partial charge in [0.2, 0.25) is 5.91 Å². The molecule has 0 saturated carbocycles. The Kier molecular flexibility index (Phi) is 3.88. The predicted octanol–water partition coefficient (Wildman–Crippen LogP) is 1.45. The highest BCUT2D eigenvalue weighted by atomic mass is 16.1. The Bertz CT molecular complexity index is 342. The van der Waals surface area contributed by atoms with Crippen LogP contribution < -0.4 is 5.32 Å². The number of nitrogens with one attached hydrogen (secondary N) is 1. The van der Waals surface area contributed by atoms with Crippen LogP contribution in [0.25, 0.3) is 0 Å². The highest BCUT2D eigenvalue weighted by Gasteiger charge is 2.09. The van der Waals surface area contributed by atoms with Crippen molar-refractivity contribution in [3.63, 3.8) is 0 Å². The van der Waals surface area contributed by atoms with Crippen LogP contribution in [0.1, 0.15) is 38.1 Å². The number of hydrogen-bond acceptors (Lipinski definition) is 2. The van der Waals surface area contributed by atoms with Crippen molar-refractivity contribution in [1.29, 1.82) is 0 Å². The monoisotopic (exact) mass is 209 g/mol. The molecule has 0 fully saturated rings. The van der Waals surface area contributed by atoms with Crippen molar-refractivity contribution < 1.29 is 4.79 Å². The molecule has 1 aromatic rings. The Balaban J connectivity index is 2.59. The van der Waals surface area contributed by atoms with E-state index in [0.29, 0.717) is 12.5 Å². The van der Waals surface area contributed by atoms with E-state index in [1.54, 1.807) is 0 Å². The lowest BCUT2D eigenvalue weighted by Gasteiger charge is -2.07. The summed E-state index contributed by atoms with van der Waals surface area (Å²) in [5.74, 6) is 0.462. The Morgan fingerprint density at radius 2 is 2.27 bits per heavy atom. The molecule has 0 aromatic carbocycles. The van der Waals surface area contributed by atoms with Crippen molar-refractivity contribution in [3.05, 3.63) is 17.7 Å². The molecule has 4 heteroatoms. The van der Waals surface area contributed by atoms with Gasteiger partial charge in [-0.2, -0.15) is 0 Å². The van der Waals surface area contributed by atoms with Gasteiger partial charge in [-0.15, -0.1) is 0 Å². The third kappa shape index (κ3) is 3.08. The molecule has 1 N–H and O–H groups in total. The van der Waals surface area contributed by atoms with Crippen LogP contribution >= 0.6 is 0 Å². The standard InChI is InChI=1S/C11H19N3O/c1-8(2)11-9(3)14(7-13-11)6-5-12-10(4)15/h7-8H,5-6H2,1-4H3,(H,12,15). The maximum absolute atomic E-state index is 10.7. The van der Waals surface area contributed by atoms with Crippen molar-refractivity contribution in [2.24, 2.45) is 0 Å². The number of imidazole rings is 1. The fraction of sp³-hybridized carbons (Fsp3) is 0.636. The van der Waals surface area contributed by atoms with E-state index in [1.807, 2.05) is 6.33 Å². The maximum atomic E-state index is 10.7. The summed E-state index contributed by atoms with van der Waals surface area (Å²) in [6, 6.07) is 0. The minimum atomic E-state index is 0.0110. The average Bonchev–Trinajstić information content (AvgIpc) is 2.47. The molecule has 0 radical (unpaired) electrons. The first-order valence-electron chi connectivity index (χ1n) is 5.28. The highest BCUT2D eigenvalue weighted by molar-refractivity contribution is 5.72. The van der Waals surface area contributed by atoms with Crippen molar-refractivity contribution in [2.45, 2.75) is 40.2 Å². The van der Waals surface area contributed by atoms with E-state index < -0.39 is 0 Å². The first-order valence-corrected chi connectivity index (χ1v) is 5.28. The second kappa shape index (κ2) is 4.96. The Hall–Kier alpha value is -1.32. The summed E-state index contributed by atoms with van der Waals surface area (Å²) in [4.78, 5) is 15.1. The second-order valence-electron chi connectivity index (χ2n) is 4.05. The summed E-state index contributed by atoms with van der Waals surface area (Å²) in [6.07, 6.45) is 1.84. The van der Waals surface area contributed by atoms with Gasteiger partial charge < -0.3 is 9.88 Å². The SMILES string of the molecule is CC(=O)NCCn1cnc(C(C)C)c1C. The Morgan fingerprint density at radius 3 is 2.73 bits per heavy atom. The fourth-order valence-corrected chi connectivity index (χ4v) is 1.60. The highest BCUT2D eigenvalue weighted by Crippen LogP contribution is 2.16. The van der Waals surface area contributed by atoms with Crippen LogP contribution in [0.4, 0.5) is 0 Å². The molecule has 0 aliphatic carbocycles. The summed E-state index contributed by atoms with van der Waals surface area (Å²) in [6.45, 7) is 9.30. The van der Waals surface area contributed by atoms with Crippen LogP contribution in [0.3, 0.4) is 0 Å². The van der Waals surface area contributed by atoms with Crippen molar-refractivity contribution in [1.82, 2.24) is 14.9 Å². The van der Waals surface area contributed by atoms with E-state index >= 15 is 0 Å². The molecule has 1 aromatic heterocycles. The van der Waals surface area contributed by atoms with E-state index in [4.69, 9.17) is 0 Å². The lowest BCUT2D eigenvalue weighted by molar-refractivity contribution is -0.118. The Morgan fingerprint density at radius 1 is 1.60 bits per heavy atom.